The molecule has 0 saturated carbocycles. The maximum Gasteiger partial charge on any atom is 0.191 e. The Balaban J connectivity index is 1.56. The Labute approximate surface area is 165 Å². The summed E-state index contributed by atoms with van der Waals surface area (Å²) in [5.41, 5.74) is 0. The number of thiophene rings is 1. The number of hydrogen-bond acceptors (Lipinski definition) is 5. The lowest BCUT2D eigenvalue weighted by Gasteiger charge is -2.33. The van der Waals surface area contributed by atoms with Crippen LogP contribution in [0.1, 0.15) is 44.3 Å². The molecule has 7 nitrogen and oxygen atoms in total. The zero-order valence-corrected chi connectivity index (χ0v) is 17.4. The van der Waals surface area contributed by atoms with Crippen molar-refractivity contribution in [1.82, 2.24) is 25.4 Å². The lowest BCUT2D eigenvalue weighted by atomic mass is 10.1. The van der Waals surface area contributed by atoms with Gasteiger partial charge in [-0.15, -0.1) is 21.5 Å². The molecule has 0 radical (unpaired) electrons. The molecule has 1 saturated heterocycles. The molecule has 27 heavy (non-hydrogen) atoms. The third kappa shape index (κ3) is 5.45. The molecule has 1 fully saturated rings. The first-order valence-electron chi connectivity index (χ1n) is 9.85. The minimum absolute atomic E-state index is 0.454. The van der Waals surface area contributed by atoms with Crippen LogP contribution in [0, 0.1) is 6.92 Å². The zero-order valence-electron chi connectivity index (χ0n) is 16.6. The predicted octanol–water partition coefficient (Wildman–Crippen LogP) is 2.69. The van der Waals surface area contributed by atoms with Crippen molar-refractivity contribution in [1.29, 1.82) is 0 Å². The number of guanidine groups is 1. The monoisotopic (exact) mass is 389 g/mol. The Hall–Kier alpha value is -2.09. The van der Waals surface area contributed by atoms with E-state index in [1.165, 1.54) is 11.4 Å². The van der Waals surface area contributed by atoms with E-state index in [1.54, 1.807) is 0 Å². The summed E-state index contributed by atoms with van der Waals surface area (Å²) >= 11 is 1.82. The molecule has 3 heterocycles. The second-order valence-electron chi connectivity index (χ2n) is 7.02. The van der Waals surface area contributed by atoms with E-state index in [1.807, 2.05) is 29.9 Å². The molecule has 148 valence electrons. The molecular weight excluding hydrogens is 358 g/mol. The van der Waals surface area contributed by atoms with E-state index >= 15 is 0 Å². The number of aryl methyl sites for hydroxylation is 1. The van der Waals surface area contributed by atoms with Gasteiger partial charge in [-0.3, -0.25) is 0 Å². The van der Waals surface area contributed by atoms with E-state index in [0.29, 0.717) is 12.6 Å². The van der Waals surface area contributed by atoms with Gasteiger partial charge in [-0.1, -0.05) is 13.3 Å². The maximum absolute atomic E-state index is 4.76. The highest BCUT2D eigenvalue weighted by Gasteiger charge is 2.20. The summed E-state index contributed by atoms with van der Waals surface area (Å²) in [6.45, 7) is 7.81. The third-order valence-corrected chi connectivity index (χ3v) is 5.97. The van der Waals surface area contributed by atoms with Gasteiger partial charge in [-0.25, -0.2) is 4.99 Å². The molecule has 0 bridgehead atoms. The van der Waals surface area contributed by atoms with Crippen LogP contribution >= 0.6 is 11.3 Å². The van der Waals surface area contributed by atoms with Crippen molar-refractivity contribution in [2.45, 2.75) is 52.1 Å². The molecule has 1 aliphatic heterocycles. The fourth-order valence-electron chi connectivity index (χ4n) is 3.16. The second-order valence-corrected chi connectivity index (χ2v) is 7.95. The summed E-state index contributed by atoms with van der Waals surface area (Å²) in [5, 5.41) is 19.0. The minimum atomic E-state index is 0.454. The summed E-state index contributed by atoms with van der Waals surface area (Å²) in [6, 6.07) is 4.79. The van der Waals surface area contributed by atoms with Crippen molar-refractivity contribution in [3.05, 3.63) is 29.2 Å². The van der Waals surface area contributed by atoms with Crippen LogP contribution < -0.4 is 15.5 Å². The van der Waals surface area contributed by atoms with Crippen molar-refractivity contribution >= 4 is 22.3 Å². The number of nitrogens with zero attached hydrogens (tertiary/aromatic N) is 5. The molecule has 0 unspecified atom stereocenters. The number of rotatable bonds is 7. The summed E-state index contributed by atoms with van der Waals surface area (Å²) in [4.78, 5) is 7.24. The van der Waals surface area contributed by atoms with Gasteiger partial charge in [0.05, 0.1) is 5.00 Å². The highest BCUT2D eigenvalue weighted by molar-refractivity contribution is 7.14. The summed E-state index contributed by atoms with van der Waals surface area (Å²) in [7, 11) is 1.98. The lowest BCUT2D eigenvalue weighted by molar-refractivity contribution is 0.462. The molecule has 2 aromatic rings. The van der Waals surface area contributed by atoms with Crippen LogP contribution in [0.4, 0.5) is 5.00 Å². The van der Waals surface area contributed by atoms with Crippen LogP contribution in [0.2, 0.25) is 0 Å². The number of hydrogen-bond donors (Lipinski definition) is 2. The molecule has 0 spiro atoms. The van der Waals surface area contributed by atoms with Crippen molar-refractivity contribution in [3.8, 4) is 0 Å². The van der Waals surface area contributed by atoms with Gasteiger partial charge in [-0.05, 0) is 43.7 Å². The zero-order chi connectivity index (χ0) is 19.1. The van der Waals surface area contributed by atoms with Crippen molar-refractivity contribution < 1.29 is 0 Å². The average molecular weight is 390 g/mol. The highest BCUT2D eigenvalue weighted by Crippen LogP contribution is 2.24. The van der Waals surface area contributed by atoms with Crippen molar-refractivity contribution in [2.24, 2.45) is 12.0 Å². The van der Waals surface area contributed by atoms with Gasteiger partial charge in [-0.2, -0.15) is 0 Å². The molecule has 2 N–H and O–H groups in total. The Kier molecular flexibility index (Phi) is 7.09. The first kappa shape index (κ1) is 19.7. The van der Waals surface area contributed by atoms with Crippen LogP contribution in [-0.2, 0) is 13.6 Å². The average Bonchev–Trinajstić information content (AvgIpc) is 3.32. The van der Waals surface area contributed by atoms with Gasteiger partial charge >= 0.3 is 0 Å². The van der Waals surface area contributed by atoms with E-state index in [0.717, 1.165) is 56.5 Å². The standard InChI is InChI=1S/C19H31N7S/c1-4-5-10-20-19(21-14-17-24-23-15(2)25(17)3)22-16-8-11-26(12-9-16)18-7-6-13-27-18/h6-7,13,16H,4-5,8-12,14H2,1-3H3,(H2,20,21,22). The number of anilines is 1. The maximum atomic E-state index is 4.76. The summed E-state index contributed by atoms with van der Waals surface area (Å²) in [6.07, 6.45) is 4.55. The molecule has 0 aliphatic carbocycles. The van der Waals surface area contributed by atoms with Gasteiger partial charge in [0.15, 0.2) is 11.8 Å². The van der Waals surface area contributed by atoms with E-state index in [9.17, 15) is 0 Å². The van der Waals surface area contributed by atoms with Crippen LogP contribution in [-0.4, -0.2) is 46.4 Å². The normalized spacial score (nSPS) is 16.0. The molecule has 1 aliphatic rings. The Morgan fingerprint density at radius 3 is 2.78 bits per heavy atom. The van der Waals surface area contributed by atoms with Crippen molar-refractivity contribution in [2.75, 3.05) is 24.5 Å². The first-order chi connectivity index (χ1) is 13.2. The van der Waals surface area contributed by atoms with Gasteiger partial charge in [0, 0.05) is 32.7 Å². The number of aliphatic imine (C=N–C) groups is 1. The molecule has 2 aromatic heterocycles. The molecule has 3 rings (SSSR count). The van der Waals surface area contributed by atoms with Crippen molar-refractivity contribution in [3.63, 3.8) is 0 Å². The number of piperidine rings is 1. The summed E-state index contributed by atoms with van der Waals surface area (Å²) < 4.78 is 1.99. The Morgan fingerprint density at radius 1 is 1.33 bits per heavy atom. The topological polar surface area (TPSA) is 70.4 Å². The second kappa shape index (κ2) is 9.73. The molecule has 0 aromatic carbocycles. The van der Waals surface area contributed by atoms with Crippen LogP contribution in [0.5, 0.6) is 0 Å². The minimum Gasteiger partial charge on any atom is -0.363 e. The summed E-state index contributed by atoms with van der Waals surface area (Å²) in [5.74, 6) is 2.69. The predicted molar refractivity (Wildman–Crippen MR) is 112 cm³/mol. The highest BCUT2D eigenvalue weighted by atomic mass is 32.1. The molecule has 0 atom stereocenters. The molecule has 0 amide bonds. The fourth-order valence-corrected chi connectivity index (χ4v) is 3.95. The Morgan fingerprint density at radius 2 is 2.15 bits per heavy atom. The fraction of sp³-hybridized carbons (Fsp3) is 0.632. The lowest BCUT2D eigenvalue weighted by Crippen LogP contribution is -2.48. The van der Waals surface area contributed by atoms with Gasteiger partial charge in [0.2, 0.25) is 0 Å². The van der Waals surface area contributed by atoms with E-state index in [-0.39, 0.29) is 0 Å². The first-order valence-corrected chi connectivity index (χ1v) is 10.7. The van der Waals surface area contributed by atoms with Crippen LogP contribution in [0.15, 0.2) is 22.5 Å². The van der Waals surface area contributed by atoms with Gasteiger partial charge in [0.25, 0.3) is 0 Å². The molecular formula is C19H31N7S. The number of unbranched alkanes of at least 4 members (excludes halogenated alkanes) is 1. The van der Waals surface area contributed by atoms with Crippen LogP contribution in [0.25, 0.3) is 0 Å². The van der Waals surface area contributed by atoms with E-state index < -0.39 is 0 Å². The van der Waals surface area contributed by atoms with E-state index in [4.69, 9.17) is 4.99 Å². The Bertz CT molecular complexity index is 715. The van der Waals surface area contributed by atoms with Gasteiger partial charge < -0.3 is 20.1 Å². The SMILES string of the molecule is CCCCNC(=NCc1nnc(C)n1C)NC1CCN(c2cccs2)CC1. The van der Waals surface area contributed by atoms with Crippen LogP contribution in [0.3, 0.4) is 0 Å². The third-order valence-electron chi connectivity index (χ3n) is 5.04. The number of nitrogens with one attached hydrogen (secondary N) is 2. The largest absolute Gasteiger partial charge is 0.363 e. The van der Waals surface area contributed by atoms with Gasteiger partial charge in [0.1, 0.15) is 12.4 Å². The number of aromatic nitrogens is 3. The molecule has 8 heteroatoms. The smallest absolute Gasteiger partial charge is 0.191 e. The quantitative estimate of drug-likeness (QED) is 0.433. The van der Waals surface area contributed by atoms with E-state index in [2.05, 4.69) is 50.2 Å².